The van der Waals surface area contributed by atoms with Crippen LogP contribution < -0.4 is 5.32 Å². The summed E-state index contributed by atoms with van der Waals surface area (Å²) in [6, 6.07) is 9.44. The minimum atomic E-state index is -4.52. The van der Waals surface area contributed by atoms with Crippen molar-refractivity contribution >= 4 is 39.3 Å². The van der Waals surface area contributed by atoms with Crippen molar-refractivity contribution in [3.8, 4) is 0 Å². The molecule has 3 heterocycles. The van der Waals surface area contributed by atoms with Crippen LogP contribution in [0.5, 0.6) is 0 Å². The second kappa shape index (κ2) is 10.9. The van der Waals surface area contributed by atoms with E-state index in [0.717, 1.165) is 10.4 Å². The van der Waals surface area contributed by atoms with E-state index in [9.17, 15) is 26.4 Å². The summed E-state index contributed by atoms with van der Waals surface area (Å²) in [5.74, 6) is -0.528. The van der Waals surface area contributed by atoms with Crippen molar-refractivity contribution in [2.45, 2.75) is 30.2 Å². The monoisotopic (exact) mass is 547 g/mol. The molecule has 1 atom stereocenters. The number of aromatic nitrogens is 1. The van der Waals surface area contributed by atoms with Crippen molar-refractivity contribution in [3.05, 3.63) is 71.7 Å². The Morgan fingerprint density at radius 3 is 2.68 bits per heavy atom. The van der Waals surface area contributed by atoms with Crippen molar-refractivity contribution in [2.24, 2.45) is 9.98 Å². The molecular formula is C25H24F3N5O4S. The zero-order chi connectivity index (χ0) is 27.5. The molecule has 3 aromatic rings. The lowest BCUT2D eigenvalue weighted by Crippen LogP contribution is -2.46. The molecule has 1 unspecified atom stereocenters. The van der Waals surface area contributed by atoms with Gasteiger partial charge in [-0.05, 0) is 43.8 Å². The number of carbonyl (C=O) groups excluding carboxylic acids is 1. The second-order valence-corrected chi connectivity index (χ2v) is 10.2. The molecule has 1 N–H and O–H groups in total. The van der Waals surface area contributed by atoms with E-state index >= 15 is 0 Å². The number of rotatable bonds is 8. The molecule has 0 saturated carbocycles. The molecule has 200 valence electrons. The van der Waals surface area contributed by atoms with Crippen LogP contribution in [0.25, 0.3) is 11.0 Å². The molecule has 0 aliphatic carbocycles. The molecule has 0 spiro atoms. The summed E-state index contributed by atoms with van der Waals surface area (Å²) in [5, 5.41) is 3.06. The highest BCUT2D eigenvalue weighted by molar-refractivity contribution is 7.89. The Kier molecular flexibility index (Phi) is 7.78. The van der Waals surface area contributed by atoms with E-state index in [0.29, 0.717) is 30.0 Å². The number of alkyl halides is 3. The van der Waals surface area contributed by atoms with E-state index < -0.39 is 33.7 Å². The molecule has 1 aliphatic rings. The zero-order valence-electron chi connectivity index (χ0n) is 20.3. The molecule has 9 nitrogen and oxygen atoms in total. The Bertz CT molecular complexity index is 1480. The molecule has 4 rings (SSSR count). The fourth-order valence-electron chi connectivity index (χ4n) is 4.06. The third-order valence-electron chi connectivity index (χ3n) is 6.02. The number of pyridine rings is 1. The number of para-hydroxylation sites is 1. The first kappa shape index (κ1) is 27.2. The zero-order valence-corrected chi connectivity index (χ0v) is 21.1. The Morgan fingerprint density at radius 1 is 1.29 bits per heavy atom. The van der Waals surface area contributed by atoms with Crippen LogP contribution in [0.2, 0.25) is 0 Å². The standard InChI is InChI=1S/C25H24F3N5O4S/c1-29-18(13-20(30-2)19-10-9-17(14-31-19)25(26,27)28)15-32-24(34)21-7-5-11-33(21)38(35,36)23-12-16-6-3-4-8-22(16)37-23/h3-4,6,8-10,12-14,21H,1,5,7,11,15H2,2H3,(H,32,34)/b18-13-,30-20?. The Balaban J connectivity index is 1.46. The number of sulfonamides is 1. The molecular weight excluding hydrogens is 523 g/mol. The van der Waals surface area contributed by atoms with Gasteiger partial charge >= 0.3 is 6.18 Å². The third-order valence-corrected chi connectivity index (χ3v) is 7.78. The smallest absolute Gasteiger partial charge is 0.417 e. The molecule has 13 heteroatoms. The van der Waals surface area contributed by atoms with Gasteiger partial charge in [-0.25, -0.2) is 8.42 Å². The molecule has 0 radical (unpaired) electrons. The largest absolute Gasteiger partial charge is 0.443 e. The minimum Gasteiger partial charge on any atom is -0.443 e. The highest BCUT2D eigenvalue weighted by Gasteiger charge is 2.41. The van der Waals surface area contributed by atoms with Gasteiger partial charge in [0.25, 0.3) is 10.0 Å². The van der Waals surface area contributed by atoms with Crippen LogP contribution in [0, 0.1) is 0 Å². The number of furan rings is 1. The van der Waals surface area contributed by atoms with Gasteiger partial charge in [0.15, 0.2) is 0 Å². The van der Waals surface area contributed by atoms with Crippen molar-refractivity contribution in [2.75, 3.05) is 20.1 Å². The van der Waals surface area contributed by atoms with Crippen LogP contribution in [0.1, 0.15) is 24.1 Å². The van der Waals surface area contributed by atoms with E-state index in [1.54, 1.807) is 24.3 Å². The number of amides is 1. The quantitative estimate of drug-likeness (QED) is 0.431. The van der Waals surface area contributed by atoms with Crippen LogP contribution in [-0.2, 0) is 21.0 Å². The first-order chi connectivity index (χ1) is 18.0. The number of nitrogens with one attached hydrogen (secondary N) is 1. The van der Waals surface area contributed by atoms with Gasteiger partial charge in [0.2, 0.25) is 11.0 Å². The molecule has 1 aromatic carbocycles. The van der Waals surface area contributed by atoms with Gasteiger partial charge in [-0.3, -0.25) is 19.8 Å². The summed E-state index contributed by atoms with van der Waals surface area (Å²) in [4.78, 5) is 24.7. The first-order valence-electron chi connectivity index (χ1n) is 11.5. The average molecular weight is 548 g/mol. The highest BCUT2D eigenvalue weighted by Crippen LogP contribution is 2.30. The summed E-state index contributed by atoms with van der Waals surface area (Å²) in [5.41, 5.74) is 0.185. The molecule has 0 bridgehead atoms. The summed E-state index contributed by atoms with van der Waals surface area (Å²) in [6.07, 6.45) is -1.57. The van der Waals surface area contributed by atoms with Crippen LogP contribution in [0.15, 0.2) is 79.9 Å². The maximum absolute atomic E-state index is 13.3. The Hall–Kier alpha value is -3.84. The third kappa shape index (κ3) is 5.68. The Labute approximate surface area is 216 Å². The lowest BCUT2D eigenvalue weighted by atomic mass is 10.1. The maximum Gasteiger partial charge on any atom is 0.417 e. The van der Waals surface area contributed by atoms with E-state index in [1.165, 1.54) is 25.3 Å². The fraction of sp³-hybridized carbons (Fsp3) is 0.280. The van der Waals surface area contributed by atoms with Gasteiger partial charge < -0.3 is 9.73 Å². The van der Waals surface area contributed by atoms with Crippen LogP contribution in [0.3, 0.4) is 0 Å². The van der Waals surface area contributed by atoms with Crippen molar-refractivity contribution in [1.82, 2.24) is 14.6 Å². The van der Waals surface area contributed by atoms with Gasteiger partial charge in [0.1, 0.15) is 11.6 Å². The number of nitrogens with zero attached hydrogens (tertiary/aromatic N) is 4. The lowest BCUT2D eigenvalue weighted by molar-refractivity contribution is -0.137. The predicted octanol–water partition coefficient (Wildman–Crippen LogP) is 3.82. The summed E-state index contributed by atoms with van der Waals surface area (Å²) in [7, 11) is -2.63. The minimum absolute atomic E-state index is 0.114. The number of hydrogen-bond donors (Lipinski definition) is 1. The number of halogens is 3. The molecule has 1 amide bonds. The normalized spacial score (nSPS) is 17.6. The van der Waals surface area contributed by atoms with Crippen LogP contribution in [0.4, 0.5) is 13.2 Å². The lowest BCUT2D eigenvalue weighted by Gasteiger charge is -2.22. The van der Waals surface area contributed by atoms with E-state index in [-0.39, 0.29) is 35.3 Å². The maximum atomic E-state index is 13.3. The summed E-state index contributed by atoms with van der Waals surface area (Å²) < 4.78 is 71.7. The van der Waals surface area contributed by atoms with Crippen molar-refractivity contribution in [1.29, 1.82) is 0 Å². The van der Waals surface area contributed by atoms with Gasteiger partial charge in [-0.15, -0.1) is 0 Å². The van der Waals surface area contributed by atoms with Gasteiger partial charge in [0, 0.05) is 31.2 Å². The van der Waals surface area contributed by atoms with Crippen LogP contribution >= 0.6 is 0 Å². The first-order valence-corrected chi connectivity index (χ1v) is 12.9. The second-order valence-electron chi connectivity index (χ2n) is 8.43. The number of benzene rings is 1. The predicted molar refractivity (Wildman–Crippen MR) is 135 cm³/mol. The van der Waals surface area contributed by atoms with Crippen molar-refractivity contribution in [3.63, 3.8) is 0 Å². The molecule has 1 saturated heterocycles. The van der Waals surface area contributed by atoms with Gasteiger partial charge in [-0.2, -0.15) is 17.5 Å². The fourth-order valence-corrected chi connectivity index (χ4v) is 5.67. The average Bonchev–Trinajstić information content (AvgIpc) is 3.57. The highest BCUT2D eigenvalue weighted by atomic mass is 32.2. The molecule has 1 aliphatic heterocycles. The van der Waals surface area contributed by atoms with E-state index in [1.807, 2.05) is 0 Å². The number of fused-ring (bicyclic) bond motifs is 1. The van der Waals surface area contributed by atoms with E-state index in [2.05, 4.69) is 27.0 Å². The Morgan fingerprint density at radius 2 is 2.05 bits per heavy atom. The van der Waals surface area contributed by atoms with Gasteiger partial charge in [0.05, 0.1) is 29.2 Å². The number of aliphatic imine (C=N–C) groups is 2. The van der Waals surface area contributed by atoms with Gasteiger partial charge in [-0.1, -0.05) is 18.2 Å². The van der Waals surface area contributed by atoms with E-state index in [4.69, 9.17) is 4.42 Å². The number of carbonyl (C=O) groups is 1. The molecule has 38 heavy (non-hydrogen) atoms. The number of allylic oxidation sites excluding steroid dienone is 1. The summed E-state index contributed by atoms with van der Waals surface area (Å²) in [6.45, 7) is 3.51. The summed E-state index contributed by atoms with van der Waals surface area (Å²) >= 11 is 0. The molecule has 2 aromatic heterocycles. The molecule has 1 fully saturated rings. The topological polar surface area (TPSA) is 117 Å². The van der Waals surface area contributed by atoms with Crippen LogP contribution in [-0.4, -0.2) is 62.2 Å². The van der Waals surface area contributed by atoms with Crippen molar-refractivity contribution < 1.29 is 30.8 Å². The number of hydrogen-bond acceptors (Lipinski definition) is 7. The SMILES string of the molecule is C=N/C(=C\C(=NC)c1ccc(C(F)(F)F)cn1)CNC(=O)C1CCCN1S(=O)(=O)c1cc2ccccc2o1.